The van der Waals surface area contributed by atoms with Crippen LogP contribution in [-0.2, 0) is 30.0 Å². The third kappa shape index (κ3) is 2.67. The zero-order valence-corrected chi connectivity index (χ0v) is 29.5. The Hall–Kier alpha value is -2.90. The largest absolute Gasteiger partial charge is 0.388 e. The first-order valence-corrected chi connectivity index (χ1v) is 20.0. The lowest BCUT2D eigenvalue weighted by Gasteiger charge is -2.58. The van der Waals surface area contributed by atoms with Crippen molar-refractivity contribution < 1.29 is 38.2 Å². The van der Waals surface area contributed by atoms with Crippen molar-refractivity contribution in [1.29, 1.82) is 0 Å². The number of benzene rings is 2. The topological polar surface area (TPSA) is 146 Å². The maximum atomic E-state index is 15.6. The minimum absolute atomic E-state index is 0.126. The van der Waals surface area contributed by atoms with E-state index in [0.717, 1.165) is 43.2 Å². The van der Waals surface area contributed by atoms with E-state index in [9.17, 15) is 29.4 Å². The number of nitrogens with one attached hydrogen (secondary N) is 2. The van der Waals surface area contributed by atoms with Gasteiger partial charge < -0.3 is 30.6 Å². The summed E-state index contributed by atoms with van der Waals surface area (Å²) in [6.07, 6.45) is -6.17. The van der Waals surface area contributed by atoms with Crippen molar-refractivity contribution in [2.45, 2.75) is 75.1 Å². The molecule has 18 heteroatoms. The molecule has 4 amide bonds. The van der Waals surface area contributed by atoms with E-state index in [0.29, 0.717) is 11.4 Å². The number of amides is 4. The summed E-state index contributed by atoms with van der Waals surface area (Å²) in [5.74, 6) is -3.52. The first-order chi connectivity index (χ1) is 23.2. The first kappa shape index (κ1) is 30.9. The molecule has 12 rings (SSSR count). The summed E-state index contributed by atoms with van der Waals surface area (Å²) in [5, 5.41) is 33.2. The predicted molar refractivity (Wildman–Crippen MR) is 179 cm³/mol. The van der Waals surface area contributed by atoms with Gasteiger partial charge >= 0.3 is 0 Å². The summed E-state index contributed by atoms with van der Waals surface area (Å²) in [5.41, 5.74) is -3.21. The van der Waals surface area contributed by atoms with Gasteiger partial charge in [0, 0.05) is 25.5 Å². The highest BCUT2D eigenvalue weighted by atomic mass is 33.1. The van der Waals surface area contributed by atoms with E-state index >= 15 is 8.78 Å². The first-order valence-electron chi connectivity index (χ1n) is 15.7. The van der Waals surface area contributed by atoms with E-state index in [1.807, 2.05) is 0 Å². The molecule has 4 bridgehead atoms. The van der Waals surface area contributed by atoms with Crippen molar-refractivity contribution in [2.24, 2.45) is 0 Å². The number of fused-ring (bicyclic) bond motifs is 11. The predicted octanol–water partition coefficient (Wildman–Crippen LogP) is 2.00. The maximum absolute atomic E-state index is 15.6. The number of halogens is 2. The highest BCUT2D eigenvalue weighted by Gasteiger charge is 2.93. The molecule has 2 spiro atoms. The SMILES string of the molecule is CC[C@@]12SS[C@]3(C(=O)N1C)[C@@H](O)C1([C@@]45c6cc(F)ccc6N[C@@H]4N4C(=O)[C@]6(C)SS[C@]4(C(=O)N6C)[C@H]5O)c4cc(F)ccc4N[C@@H]1N3C2=O. The lowest BCUT2D eigenvalue weighted by atomic mass is 9.52. The molecule has 2 aromatic carbocycles. The van der Waals surface area contributed by atoms with Crippen LogP contribution in [0.2, 0.25) is 0 Å². The Labute approximate surface area is 293 Å². The minimum atomic E-state index is -2.05. The molecule has 10 aliphatic heterocycles. The zero-order chi connectivity index (χ0) is 34.6. The third-order valence-electron chi connectivity index (χ3n) is 12.5. The molecule has 10 aliphatic rings. The van der Waals surface area contributed by atoms with Gasteiger partial charge in [-0.3, -0.25) is 29.0 Å². The number of hydrogen-bond acceptors (Lipinski definition) is 12. The number of piperazine rings is 2. The number of carbonyl (C=O) groups excluding carboxylic acids is 4. The van der Waals surface area contributed by atoms with Gasteiger partial charge in [0.25, 0.3) is 23.6 Å². The van der Waals surface area contributed by atoms with Gasteiger partial charge in [-0.15, -0.1) is 0 Å². The van der Waals surface area contributed by atoms with Crippen LogP contribution in [0.15, 0.2) is 36.4 Å². The van der Waals surface area contributed by atoms with Crippen molar-refractivity contribution in [3.05, 3.63) is 59.2 Å². The molecule has 10 heterocycles. The number of rotatable bonds is 2. The molecular weight excluding hydrogens is 719 g/mol. The molecule has 1 unspecified atom stereocenters. The number of aliphatic hydroxyl groups is 2. The second-order valence-electron chi connectivity index (χ2n) is 13.9. The average Bonchev–Trinajstić information content (AvgIpc) is 3.72. The van der Waals surface area contributed by atoms with E-state index in [-0.39, 0.29) is 17.5 Å². The summed E-state index contributed by atoms with van der Waals surface area (Å²) in [6, 6.07) is 7.72. The van der Waals surface area contributed by atoms with Gasteiger partial charge in [-0.2, -0.15) is 0 Å². The van der Waals surface area contributed by atoms with Gasteiger partial charge in [-0.05, 0) is 82.5 Å². The van der Waals surface area contributed by atoms with Gasteiger partial charge in [0.2, 0.25) is 9.74 Å². The fourth-order valence-corrected chi connectivity index (χ4v) is 17.7. The minimum Gasteiger partial charge on any atom is -0.388 e. The van der Waals surface area contributed by atoms with Crippen molar-refractivity contribution in [3.63, 3.8) is 0 Å². The second-order valence-corrected chi connectivity index (χ2v) is 19.3. The standard InChI is InChI=1S/C31H28F2N6O6S4/c1-5-27-23(43)39-21-29(15-11-13(33)7-9-17(15)35-21,19(41)31(39,49-47-27)25(45)37(27)4)28-14-10-12(32)6-8-16(14)34-20(28)38-22(42)26(2)36(3)24(44)30(38,18(28)40)48-46-26/h6-11,18-21,34-35,40-41H,5H2,1-4H3/t18-,19-,20+,21+,26-,27-,28+,29?,30-,31-/m0/s1. The molecule has 12 nitrogen and oxygen atoms in total. The monoisotopic (exact) mass is 746 g/mol. The summed E-state index contributed by atoms with van der Waals surface area (Å²) < 4.78 is 31.2. The van der Waals surface area contributed by atoms with Crippen molar-refractivity contribution >= 4 is 78.2 Å². The van der Waals surface area contributed by atoms with Crippen LogP contribution in [0.4, 0.5) is 20.2 Å². The molecular formula is C31H28F2N6O6S4. The summed E-state index contributed by atoms with van der Waals surface area (Å²) in [6.45, 7) is 3.39. The molecule has 4 N–H and O–H groups in total. The Morgan fingerprint density at radius 2 is 1.18 bits per heavy atom. The summed E-state index contributed by atoms with van der Waals surface area (Å²) >= 11 is 0. The van der Waals surface area contributed by atoms with Crippen LogP contribution in [-0.4, -0.2) is 112 Å². The van der Waals surface area contributed by atoms with Crippen LogP contribution >= 0.6 is 43.2 Å². The zero-order valence-electron chi connectivity index (χ0n) is 26.2. The molecule has 2 aromatic rings. The fourth-order valence-electron chi connectivity index (χ4n) is 10.2. The smallest absolute Gasteiger partial charge is 0.264 e. The Morgan fingerprint density at radius 1 is 0.714 bits per heavy atom. The highest BCUT2D eigenvalue weighted by Crippen LogP contribution is 2.78. The number of aliphatic hydroxyl groups excluding tert-OH is 2. The molecule has 256 valence electrons. The normalized spacial score (nSPS) is 44.9. The van der Waals surface area contributed by atoms with Crippen LogP contribution in [0.5, 0.6) is 0 Å². The number of nitrogens with zero attached hydrogens (tertiary/aromatic N) is 4. The van der Waals surface area contributed by atoms with Gasteiger partial charge in [-0.1, -0.05) is 28.5 Å². The number of anilines is 2. The number of carbonyl (C=O) groups is 4. The quantitative estimate of drug-likeness (QED) is 0.334. The van der Waals surface area contributed by atoms with Crippen LogP contribution in [0.25, 0.3) is 0 Å². The molecule has 0 radical (unpaired) electrons. The van der Waals surface area contributed by atoms with E-state index in [1.54, 1.807) is 13.8 Å². The molecule has 49 heavy (non-hydrogen) atoms. The number of hydrogen-bond donors (Lipinski definition) is 4. The van der Waals surface area contributed by atoms with Crippen LogP contribution in [0.1, 0.15) is 31.4 Å². The average molecular weight is 747 g/mol. The Balaban J connectivity index is 1.37. The van der Waals surface area contributed by atoms with Crippen molar-refractivity contribution in [2.75, 3.05) is 24.7 Å². The lowest BCUT2D eigenvalue weighted by Crippen LogP contribution is -2.78. The van der Waals surface area contributed by atoms with E-state index in [1.165, 1.54) is 70.1 Å². The third-order valence-corrected chi connectivity index (χ3v) is 20.0. The Kier molecular flexibility index (Phi) is 5.52. The Bertz CT molecular complexity index is 2030. The molecule has 8 saturated heterocycles. The van der Waals surface area contributed by atoms with Crippen LogP contribution in [0, 0.1) is 11.6 Å². The van der Waals surface area contributed by atoms with Crippen molar-refractivity contribution in [3.8, 4) is 0 Å². The van der Waals surface area contributed by atoms with Gasteiger partial charge in [-0.25, -0.2) is 8.78 Å². The van der Waals surface area contributed by atoms with Gasteiger partial charge in [0.15, 0.2) is 9.74 Å². The molecule has 8 fully saturated rings. The van der Waals surface area contributed by atoms with Crippen LogP contribution in [0.3, 0.4) is 0 Å². The van der Waals surface area contributed by atoms with Crippen molar-refractivity contribution in [1.82, 2.24) is 19.6 Å². The van der Waals surface area contributed by atoms with E-state index in [4.69, 9.17) is 0 Å². The summed E-state index contributed by atoms with van der Waals surface area (Å²) in [4.78, 5) is 57.4. The van der Waals surface area contributed by atoms with E-state index in [2.05, 4.69) is 10.6 Å². The molecule has 0 saturated carbocycles. The highest BCUT2D eigenvalue weighted by molar-refractivity contribution is 8.78. The molecule has 0 aromatic heterocycles. The Morgan fingerprint density at radius 3 is 1.69 bits per heavy atom. The van der Waals surface area contributed by atoms with E-state index < -0.39 is 90.1 Å². The molecule has 10 atom stereocenters. The molecule has 0 aliphatic carbocycles. The fraction of sp³-hybridized carbons (Fsp3) is 0.484. The second kappa shape index (κ2) is 8.75. The lowest BCUT2D eigenvalue weighted by molar-refractivity contribution is -0.167. The van der Waals surface area contributed by atoms with Gasteiger partial charge in [0.1, 0.15) is 36.2 Å². The number of likely N-dealkylation sites (N-methyl/N-ethyl adjacent to an activating group) is 2. The van der Waals surface area contributed by atoms with Gasteiger partial charge in [0.05, 0.1) is 10.8 Å². The maximum Gasteiger partial charge on any atom is 0.264 e. The van der Waals surface area contributed by atoms with Crippen LogP contribution < -0.4 is 10.6 Å². The summed E-state index contributed by atoms with van der Waals surface area (Å²) in [7, 11) is 7.31.